The van der Waals surface area contributed by atoms with Crippen LogP contribution in [-0.4, -0.2) is 20.4 Å². The van der Waals surface area contributed by atoms with Gasteiger partial charge < -0.3 is 29.6 Å². The van der Waals surface area contributed by atoms with Crippen molar-refractivity contribution >= 4 is 11.0 Å². The van der Waals surface area contributed by atoms with E-state index in [-0.39, 0.29) is 69.3 Å². The minimum Gasteiger partial charge on any atom is -0.507 e. The molecule has 0 fully saturated rings. The minimum atomic E-state index is -0.854. The number of phenols is 4. The largest absolute Gasteiger partial charge is 0.507 e. The molecule has 0 spiro atoms. The van der Waals surface area contributed by atoms with E-state index in [4.69, 9.17) is 9.15 Å². The van der Waals surface area contributed by atoms with Crippen molar-refractivity contribution < 1.29 is 29.6 Å². The maximum atomic E-state index is 14.1. The molecular formula is C30H32O7. The van der Waals surface area contributed by atoms with Crippen molar-refractivity contribution in [1.82, 2.24) is 0 Å². The summed E-state index contributed by atoms with van der Waals surface area (Å²) in [5.74, 6) is -0.866. The molecule has 3 aromatic rings. The monoisotopic (exact) mass is 504 g/mol. The molecule has 194 valence electrons. The zero-order valence-corrected chi connectivity index (χ0v) is 21.9. The minimum absolute atomic E-state index is 0.0342. The van der Waals surface area contributed by atoms with Crippen molar-refractivity contribution in [3.8, 4) is 40.1 Å². The molecule has 37 heavy (non-hydrogen) atoms. The molecule has 7 heteroatoms. The van der Waals surface area contributed by atoms with E-state index in [0.29, 0.717) is 5.56 Å². The molecule has 1 aliphatic rings. The Bertz CT molecular complexity index is 1560. The normalized spacial score (nSPS) is 13.8. The lowest BCUT2D eigenvalue weighted by Crippen LogP contribution is -2.22. The summed E-state index contributed by atoms with van der Waals surface area (Å²) in [7, 11) is 0. The van der Waals surface area contributed by atoms with E-state index in [1.54, 1.807) is 6.08 Å². The first-order valence-corrected chi connectivity index (χ1v) is 12.1. The Hall–Kier alpha value is -4.13. The number of benzene rings is 2. The summed E-state index contributed by atoms with van der Waals surface area (Å²) in [6.07, 6.45) is 5.18. The molecule has 0 saturated carbocycles. The molecule has 2 aromatic carbocycles. The molecule has 0 bridgehead atoms. The summed E-state index contributed by atoms with van der Waals surface area (Å²) in [4.78, 5) is 14.1. The summed E-state index contributed by atoms with van der Waals surface area (Å²) < 4.78 is 12.4. The lowest BCUT2D eigenvalue weighted by atomic mass is 9.92. The van der Waals surface area contributed by atoms with Gasteiger partial charge in [0.15, 0.2) is 11.5 Å². The molecular weight excluding hydrogens is 472 g/mol. The van der Waals surface area contributed by atoms with E-state index in [9.17, 15) is 25.2 Å². The van der Waals surface area contributed by atoms with Gasteiger partial charge in [-0.2, -0.15) is 0 Å². The van der Waals surface area contributed by atoms with Crippen molar-refractivity contribution in [3.63, 3.8) is 0 Å². The average molecular weight is 505 g/mol. The lowest BCUT2D eigenvalue weighted by molar-refractivity contribution is 0.243. The van der Waals surface area contributed by atoms with Crippen LogP contribution in [0.15, 0.2) is 56.3 Å². The predicted molar refractivity (Wildman–Crippen MR) is 144 cm³/mol. The Morgan fingerprint density at radius 2 is 1.43 bits per heavy atom. The molecule has 4 rings (SSSR count). The predicted octanol–water partition coefficient (Wildman–Crippen LogP) is 6.70. The van der Waals surface area contributed by atoms with E-state index in [1.807, 2.05) is 53.7 Å². The number of hydrogen-bond acceptors (Lipinski definition) is 7. The highest BCUT2D eigenvalue weighted by Gasteiger charge is 2.34. The molecule has 0 amide bonds. The van der Waals surface area contributed by atoms with Crippen LogP contribution < -0.4 is 10.2 Å². The highest BCUT2D eigenvalue weighted by molar-refractivity contribution is 5.93. The zero-order chi connectivity index (χ0) is 27.2. The summed E-state index contributed by atoms with van der Waals surface area (Å²) in [6, 6.07) is 2.54. The van der Waals surface area contributed by atoms with Gasteiger partial charge in [0.25, 0.3) is 0 Å². The van der Waals surface area contributed by atoms with E-state index in [0.717, 1.165) is 16.7 Å². The van der Waals surface area contributed by atoms with E-state index < -0.39 is 17.3 Å². The first-order chi connectivity index (χ1) is 17.4. The zero-order valence-electron chi connectivity index (χ0n) is 21.9. The molecule has 2 heterocycles. The maximum absolute atomic E-state index is 14.1. The van der Waals surface area contributed by atoms with Gasteiger partial charge in [0.1, 0.15) is 40.1 Å². The number of fused-ring (bicyclic) bond motifs is 4. The van der Waals surface area contributed by atoms with Gasteiger partial charge >= 0.3 is 0 Å². The van der Waals surface area contributed by atoms with Crippen molar-refractivity contribution in [2.45, 2.75) is 60.5 Å². The van der Waals surface area contributed by atoms with Gasteiger partial charge in [0, 0.05) is 17.2 Å². The van der Waals surface area contributed by atoms with Gasteiger partial charge in [-0.25, -0.2) is 0 Å². The van der Waals surface area contributed by atoms with Crippen LogP contribution in [0.4, 0.5) is 0 Å². The third kappa shape index (κ3) is 4.69. The van der Waals surface area contributed by atoms with Crippen molar-refractivity contribution in [2.24, 2.45) is 0 Å². The van der Waals surface area contributed by atoms with E-state index >= 15 is 0 Å². The first kappa shape index (κ1) is 25.9. The molecule has 7 nitrogen and oxygen atoms in total. The molecule has 4 N–H and O–H groups in total. The number of hydrogen-bond donors (Lipinski definition) is 4. The molecule has 0 saturated heterocycles. The lowest BCUT2D eigenvalue weighted by Gasteiger charge is -2.27. The van der Waals surface area contributed by atoms with E-state index in [2.05, 4.69) is 0 Å². The molecule has 1 atom stereocenters. The van der Waals surface area contributed by atoms with Gasteiger partial charge in [0.2, 0.25) is 5.43 Å². The Kier molecular flexibility index (Phi) is 6.82. The fourth-order valence-corrected chi connectivity index (χ4v) is 4.43. The van der Waals surface area contributed by atoms with Crippen LogP contribution in [0, 0.1) is 0 Å². The number of rotatable bonds is 5. The SMILES string of the molecule is CC(C)=CCc1c(O)c(CC=C(C)C)c2oc3c(c(=O)c2c1O)C(C=C(C)C)Oc1cc(O)c(O)cc1-3. The van der Waals surface area contributed by atoms with Gasteiger partial charge in [-0.05, 0) is 66.5 Å². The Labute approximate surface area is 215 Å². The van der Waals surface area contributed by atoms with Crippen LogP contribution in [0.3, 0.4) is 0 Å². The average Bonchev–Trinajstić information content (AvgIpc) is 2.79. The standard InChI is InChI=1S/C30H32O7/c1-14(2)7-9-17-26(33)18(10-8-15(3)4)29-25(27(17)34)28(35)24-23(11-16(5)6)36-22-13-21(32)20(31)12-19(22)30(24)37-29/h7-8,11-13,23,31-34H,9-10H2,1-6H3. The van der Waals surface area contributed by atoms with Crippen LogP contribution in [0.2, 0.25) is 0 Å². The second-order valence-electron chi connectivity index (χ2n) is 10.1. The summed E-state index contributed by atoms with van der Waals surface area (Å²) in [5.41, 5.74) is 3.52. The van der Waals surface area contributed by atoms with Gasteiger partial charge in [-0.1, -0.05) is 28.9 Å². The van der Waals surface area contributed by atoms with Crippen molar-refractivity contribution in [2.75, 3.05) is 0 Å². The van der Waals surface area contributed by atoms with Crippen molar-refractivity contribution in [1.29, 1.82) is 0 Å². The second kappa shape index (κ2) is 9.73. The van der Waals surface area contributed by atoms with Crippen LogP contribution in [0.1, 0.15) is 64.3 Å². The Morgan fingerprint density at radius 3 is 2.03 bits per heavy atom. The highest BCUT2D eigenvalue weighted by atomic mass is 16.5. The molecule has 1 aromatic heterocycles. The molecule has 1 aliphatic heterocycles. The smallest absolute Gasteiger partial charge is 0.204 e. The highest BCUT2D eigenvalue weighted by Crippen LogP contribution is 2.49. The summed E-state index contributed by atoms with van der Waals surface area (Å²) in [5, 5.41) is 42.7. The third-order valence-corrected chi connectivity index (χ3v) is 6.29. The number of allylic oxidation sites excluding steroid dienone is 5. The molecule has 1 unspecified atom stereocenters. The van der Waals surface area contributed by atoms with Crippen LogP contribution in [-0.2, 0) is 12.8 Å². The number of aromatic hydroxyl groups is 4. The quantitative estimate of drug-likeness (QED) is 0.225. The fourth-order valence-electron chi connectivity index (χ4n) is 4.43. The van der Waals surface area contributed by atoms with Crippen LogP contribution >= 0.6 is 0 Å². The fraction of sp³-hybridized carbons (Fsp3) is 0.300. The van der Waals surface area contributed by atoms with Gasteiger partial charge in [-0.15, -0.1) is 0 Å². The second-order valence-corrected chi connectivity index (χ2v) is 10.1. The van der Waals surface area contributed by atoms with Crippen LogP contribution in [0.5, 0.6) is 28.7 Å². The maximum Gasteiger partial charge on any atom is 0.204 e. The number of ether oxygens (including phenoxy) is 1. The summed E-state index contributed by atoms with van der Waals surface area (Å²) in [6.45, 7) is 11.4. The van der Waals surface area contributed by atoms with E-state index in [1.165, 1.54) is 12.1 Å². The summed E-state index contributed by atoms with van der Waals surface area (Å²) >= 11 is 0. The number of phenolic OH excluding ortho intramolecular Hbond substituents is 4. The van der Waals surface area contributed by atoms with Crippen molar-refractivity contribution in [3.05, 3.63) is 74.0 Å². The van der Waals surface area contributed by atoms with Gasteiger partial charge in [-0.3, -0.25) is 4.79 Å². The van der Waals surface area contributed by atoms with Gasteiger partial charge in [0.05, 0.1) is 11.1 Å². The molecule has 0 aliphatic carbocycles. The third-order valence-electron chi connectivity index (χ3n) is 6.29. The van der Waals surface area contributed by atoms with Crippen LogP contribution in [0.25, 0.3) is 22.3 Å². The molecule has 0 radical (unpaired) electrons. The topological polar surface area (TPSA) is 120 Å². The Balaban J connectivity index is 2.18. The Morgan fingerprint density at radius 1 is 0.838 bits per heavy atom. The first-order valence-electron chi connectivity index (χ1n) is 12.1.